The third-order valence-corrected chi connectivity index (χ3v) is 5.25. The second-order valence-electron chi connectivity index (χ2n) is 6.07. The molecule has 0 fully saturated rings. The van der Waals surface area contributed by atoms with Crippen LogP contribution in [0, 0.1) is 0 Å². The van der Waals surface area contributed by atoms with Gasteiger partial charge in [0.05, 0.1) is 11.0 Å². The van der Waals surface area contributed by atoms with Crippen molar-refractivity contribution in [3.8, 4) is 5.75 Å². The summed E-state index contributed by atoms with van der Waals surface area (Å²) in [7, 11) is -3.21. The van der Waals surface area contributed by atoms with Crippen molar-refractivity contribution in [3.63, 3.8) is 0 Å². The van der Waals surface area contributed by atoms with Crippen LogP contribution in [-0.4, -0.2) is 39.0 Å². The standard InChI is InChI=1S/C18H21NO4S/c1-24(21,22)16-8-6-13(7-9-16)17(20)12-19-11-15-10-14-4-2-3-5-18(14)23-15/h2-9,15,17,19-20H,10-12H2,1H3/t15-,17-/m1/s1. The Labute approximate surface area is 142 Å². The van der Waals surface area contributed by atoms with Gasteiger partial charge in [-0.25, -0.2) is 8.42 Å². The molecule has 0 aromatic heterocycles. The van der Waals surface area contributed by atoms with Crippen LogP contribution in [0.3, 0.4) is 0 Å². The van der Waals surface area contributed by atoms with Gasteiger partial charge in [0.15, 0.2) is 9.84 Å². The van der Waals surface area contributed by atoms with Crippen molar-refractivity contribution in [1.29, 1.82) is 0 Å². The van der Waals surface area contributed by atoms with E-state index in [2.05, 4.69) is 11.4 Å². The zero-order chi connectivity index (χ0) is 17.2. The number of rotatable bonds is 6. The van der Waals surface area contributed by atoms with Crippen molar-refractivity contribution in [3.05, 3.63) is 59.7 Å². The lowest BCUT2D eigenvalue weighted by Gasteiger charge is -2.15. The lowest BCUT2D eigenvalue weighted by Crippen LogP contribution is -2.32. The van der Waals surface area contributed by atoms with E-state index in [0.717, 1.165) is 12.2 Å². The molecule has 2 aromatic carbocycles. The summed E-state index contributed by atoms with van der Waals surface area (Å²) in [6, 6.07) is 14.3. The number of benzene rings is 2. The van der Waals surface area contributed by atoms with E-state index in [9.17, 15) is 13.5 Å². The normalized spacial score (nSPS) is 18.0. The first-order valence-corrected chi connectivity index (χ1v) is 9.76. The van der Waals surface area contributed by atoms with Crippen molar-refractivity contribution < 1.29 is 18.3 Å². The lowest BCUT2D eigenvalue weighted by molar-refractivity contribution is 0.163. The van der Waals surface area contributed by atoms with E-state index in [1.807, 2.05) is 18.2 Å². The van der Waals surface area contributed by atoms with Crippen LogP contribution in [0.15, 0.2) is 53.4 Å². The van der Waals surface area contributed by atoms with Crippen molar-refractivity contribution >= 4 is 9.84 Å². The Hall–Kier alpha value is -1.89. The van der Waals surface area contributed by atoms with Crippen molar-refractivity contribution in [1.82, 2.24) is 5.32 Å². The van der Waals surface area contributed by atoms with Gasteiger partial charge in [-0.3, -0.25) is 0 Å². The highest BCUT2D eigenvalue weighted by atomic mass is 32.2. The van der Waals surface area contributed by atoms with Gasteiger partial charge in [0.25, 0.3) is 0 Å². The first-order chi connectivity index (χ1) is 11.4. The van der Waals surface area contributed by atoms with Crippen LogP contribution in [-0.2, 0) is 16.3 Å². The molecule has 0 saturated heterocycles. The average molecular weight is 347 g/mol. The van der Waals surface area contributed by atoms with Crippen LogP contribution in [0.5, 0.6) is 5.75 Å². The van der Waals surface area contributed by atoms with E-state index in [1.165, 1.54) is 24.0 Å². The number of aliphatic hydroxyl groups excluding tert-OH is 1. The highest BCUT2D eigenvalue weighted by Gasteiger charge is 2.22. The number of ether oxygens (including phenoxy) is 1. The molecule has 3 rings (SSSR count). The lowest BCUT2D eigenvalue weighted by atomic mass is 10.1. The number of hydrogen-bond acceptors (Lipinski definition) is 5. The summed E-state index contributed by atoms with van der Waals surface area (Å²) in [6.45, 7) is 1.03. The SMILES string of the molecule is CS(=O)(=O)c1ccc([C@H](O)CNC[C@H]2Cc3ccccc3O2)cc1. The number of nitrogens with one attached hydrogen (secondary N) is 1. The first-order valence-electron chi connectivity index (χ1n) is 7.87. The van der Waals surface area contributed by atoms with Gasteiger partial charge < -0.3 is 15.2 Å². The molecule has 0 bridgehead atoms. The van der Waals surface area contributed by atoms with Gasteiger partial charge in [-0.15, -0.1) is 0 Å². The molecule has 0 aliphatic carbocycles. The Bertz CT molecular complexity index is 777. The summed E-state index contributed by atoms with van der Waals surface area (Å²) in [5.74, 6) is 0.932. The van der Waals surface area contributed by atoms with Crippen LogP contribution in [0.1, 0.15) is 17.2 Å². The molecule has 1 aliphatic heterocycles. The second-order valence-corrected chi connectivity index (χ2v) is 8.08. The minimum Gasteiger partial charge on any atom is -0.488 e. The maximum Gasteiger partial charge on any atom is 0.175 e. The van der Waals surface area contributed by atoms with Crippen molar-refractivity contribution in [2.24, 2.45) is 0 Å². The summed E-state index contributed by atoms with van der Waals surface area (Å²) in [6.07, 6.45) is 1.41. The van der Waals surface area contributed by atoms with Gasteiger partial charge in [0.1, 0.15) is 11.9 Å². The minimum atomic E-state index is -3.21. The quantitative estimate of drug-likeness (QED) is 0.832. The number of fused-ring (bicyclic) bond motifs is 1. The highest BCUT2D eigenvalue weighted by molar-refractivity contribution is 7.90. The molecular weight excluding hydrogens is 326 g/mol. The number of sulfone groups is 1. The molecule has 2 aromatic rings. The van der Waals surface area contributed by atoms with Crippen LogP contribution in [0.4, 0.5) is 0 Å². The third-order valence-electron chi connectivity index (χ3n) is 4.12. The molecule has 2 atom stereocenters. The predicted molar refractivity (Wildman–Crippen MR) is 91.9 cm³/mol. The largest absolute Gasteiger partial charge is 0.488 e. The smallest absolute Gasteiger partial charge is 0.175 e. The van der Waals surface area contributed by atoms with E-state index in [4.69, 9.17) is 4.74 Å². The second kappa shape index (κ2) is 6.93. The Morgan fingerprint density at radius 2 is 1.92 bits per heavy atom. The Morgan fingerprint density at radius 1 is 1.21 bits per heavy atom. The fourth-order valence-corrected chi connectivity index (χ4v) is 3.43. The monoisotopic (exact) mass is 347 g/mol. The molecule has 128 valence electrons. The van der Waals surface area contributed by atoms with Gasteiger partial charge in [0, 0.05) is 25.8 Å². The Morgan fingerprint density at radius 3 is 2.58 bits per heavy atom. The molecule has 2 N–H and O–H groups in total. The van der Waals surface area contributed by atoms with E-state index in [1.54, 1.807) is 12.1 Å². The fourth-order valence-electron chi connectivity index (χ4n) is 2.80. The van der Waals surface area contributed by atoms with Crippen LogP contribution in [0.25, 0.3) is 0 Å². The molecule has 1 aliphatic rings. The average Bonchev–Trinajstić information content (AvgIpc) is 2.96. The number of hydrogen-bond donors (Lipinski definition) is 2. The van der Waals surface area contributed by atoms with E-state index < -0.39 is 15.9 Å². The molecule has 0 radical (unpaired) electrons. The summed E-state index contributed by atoms with van der Waals surface area (Å²) in [5, 5.41) is 13.4. The Balaban J connectivity index is 1.49. The number of para-hydroxylation sites is 1. The molecule has 0 unspecified atom stereocenters. The van der Waals surface area contributed by atoms with Crippen LogP contribution < -0.4 is 10.1 Å². The number of aliphatic hydroxyl groups is 1. The first kappa shape index (κ1) is 17.0. The Kier molecular flexibility index (Phi) is 4.89. The zero-order valence-corrected chi connectivity index (χ0v) is 14.3. The van der Waals surface area contributed by atoms with Gasteiger partial charge in [-0.2, -0.15) is 0 Å². The summed E-state index contributed by atoms with van der Waals surface area (Å²) < 4.78 is 28.7. The fraction of sp³-hybridized carbons (Fsp3) is 0.333. The molecule has 0 amide bonds. The predicted octanol–water partition coefficient (Wildman–Crippen LogP) is 1.72. The highest BCUT2D eigenvalue weighted by Crippen LogP contribution is 2.27. The summed E-state index contributed by atoms with van der Waals surface area (Å²) in [5.41, 5.74) is 1.90. The van der Waals surface area contributed by atoms with Gasteiger partial charge in [-0.1, -0.05) is 30.3 Å². The molecular formula is C18H21NO4S. The molecule has 1 heterocycles. The molecule has 24 heavy (non-hydrogen) atoms. The molecule has 6 heteroatoms. The van der Waals surface area contributed by atoms with Crippen LogP contribution in [0.2, 0.25) is 0 Å². The van der Waals surface area contributed by atoms with E-state index in [-0.39, 0.29) is 11.0 Å². The summed E-state index contributed by atoms with van der Waals surface area (Å²) in [4.78, 5) is 0.253. The van der Waals surface area contributed by atoms with Crippen molar-refractivity contribution in [2.45, 2.75) is 23.5 Å². The molecule has 0 saturated carbocycles. The van der Waals surface area contributed by atoms with Gasteiger partial charge in [-0.05, 0) is 29.3 Å². The molecule has 5 nitrogen and oxygen atoms in total. The maximum atomic E-state index is 11.4. The van der Waals surface area contributed by atoms with E-state index >= 15 is 0 Å². The third kappa shape index (κ3) is 3.95. The van der Waals surface area contributed by atoms with Crippen LogP contribution >= 0.6 is 0 Å². The van der Waals surface area contributed by atoms with E-state index in [0.29, 0.717) is 18.7 Å². The van der Waals surface area contributed by atoms with Crippen molar-refractivity contribution in [2.75, 3.05) is 19.3 Å². The minimum absolute atomic E-state index is 0.0715. The molecule has 0 spiro atoms. The summed E-state index contributed by atoms with van der Waals surface area (Å²) >= 11 is 0. The zero-order valence-electron chi connectivity index (χ0n) is 13.5. The topological polar surface area (TPSA) is 75.6 Å². The van der Waals surface area contributed by atoms with Gasteiger partial charge >= 0.3 is 0 Å². The van der Waals surface area contributed by atoms with Gasteiger partial charge in [0.2, 0.25) is 0 Å². The maximum absolute atomic E-state index is 11.4.